The zero-order valence-electron chi connectivity index (χ0n) is 12.9. The van der Waals surface area contributed by atoms with Crippen molar-refractivity contribution in [2.24, 2.45) is 0 Å². The van der Waals surface area contributed by atoms with Crippen LogP contribution in [0.4, 0.5) is 0 Å². The summed E-state index contributed by atoms with van der Waals surface area (Å²) in [6, 6.07) is 12.5. The molecule has 0 bridgehead atoms. The molecule has 1 unspecified atom stereocenters. The number of nitrogens with one attached hydrogen (secondary N) is 1. The molecule has 2 aromatic carbocycles. The minimum absolute atomic E-state index is 0.228. The van der Waals surface area contributed by atoms with Crippen LogP contribution in [0.15, 0.2) is 53.1 Å². The van der Waals surface area contributed by atoms with Crippen LogP contribution in [0.1, 0.15) is 12.5 Å². The summed E-state index contributed by atoms with van der Waals surface area (Å²) in [6.45, 7) is 2.07. The summed E-state index contributed by atoms with van der Waals surface area (Å²) in [5.74, 6) is 0.192. The minimum atomic E-state index is -0.679. The third-order valence-electron chi connectivity index (χ3n) is 3.55. The van der Waals surface area contributed by atoms with Gasteiger partial charge in [0.2, 0.25) is 0 Å². The lowest BCUT2D eigenvalue weighted by Crippen LogP contribution is -2.35. The van der Waals surface area contributed by atoms with Gasteiger partial charge < -0.3 is 14.5 Å². The first-order chi connectivity index (χ1) is 11.5. The highest BCUT2D eigenvalue weighted by Crippen LogP contribution is 2.28. The van der Waals surface area contributed by atoms with Crippen LogP contribution in [-0.4, -0.2) is 12.0 Å². The summed E-state index contributed by atoms with van der Waals surface area (Å²) in [5, 5.41) is 4.72. The molecular weight excluding hydrogens is 349 g/mol. The van der Waals surface area contributed by atoms with Gasteiger partial charge in [0.05, 0.1) is 11.3 Å². The number of fused-ring (bicyclic) bond motifs is 1. The Bertz CT molecular complexity index is 876. The van der Waals surface area contributed by atoms with Crippen molar-refractivity contribution in [1.82, 2.24) is 5.32 Å². The number of benzene rings is 2. The fraction of sp³-hybridized carbons (Fsp3) is 0.167. The lowest BCUT2D eigenvalue weighted by molar-refractivity contribution is -0.127. The lowest BCUT2D eigenvalue weighted by Gasteiger charge is -2.15. The first kappa shape index (κ1) is 16.7. The average Bonchev–Trinajstić information content (AvgIpc) is 3.02. The van der Waals surface area contributed by atoms with Crippen LogP contribution >= 0.6 is 23.2 Å². The smallest absolute Gasteiger partial charge is 0.261 e. The molecule has 4 nitrogen and oxygen atoms in total. The van der Waals surface area contributed by atoms with Crippen LogP contribution in [-0.2, 0) is 11.3 Å². The third-order valence-corrected chi connectivity index (χ3v) is 4.08. The van der Waals surface area contributed by atoms with Gasteiger partial charge >= 0.3 is 0 Å². The quantitative estimate of drug-likeness (QED) is 0.706. The summed E-state index contributed by atoms with van der Waals surface area (Å²) in [7, 11) is 0. The van der Waals surface area contributed by atoms with E-state index in [4.69, 9.17) is 32.4 Å². The molecule has 3 aromatic rings. The molecule has 0 aliphatic carbocycles. The van der Waals surface area contributed by atoms with Crippen molar-refractivity contribution in [3.05, 3.63) is 64.3 Å². The van der Waals surface area contributed by atoms with E-state index >= 15 is 0 Å². The number of amides is 1. The second-order valence-corrected chi connectivity index (χ2v) is 6.19. The molecule has 0 saturated carbocycles. The number of rotatable bonds is 5. The third kappa shape index (κ3) is 3.83. The fourth-order valence-corrected chi connectivity index (χ4v) is 2.73. The predicted octanol–water partition coefficient (Wildman–Crippen LogP) is 4.82. The Balaban J connectivity index is 1.59. The molecule has 1 amide bonds. The molecule has 0 fully saturated rings. The molecule has 0 radical (unpaired) electrons. The van der Waals surface area contributed by atoms with Crippen LogP contribution in [0.3, 0.4) is 0 Å². The Morgan fingerprint density at radius 3 is 2.83 bits per heavy atom. The van der Waals surface area contributed by atoms with Crippen molar-refractivity contribution >= 4 is 40.1 Å². The summed E-state index contributed by atoms with van der Waals surface area (Å²) >= 11 is 11.9. The molecule has 1 atom stereocenters. The normalized spacial score (nSPS) is 12.1. The maximum absolute atomic E-state index is 12.2. The summed E-state index contributed by atoms with van der Waals surface area (Å²) in [5.41, 5.74) is 1.80. The average molecular weight is 364 g/mol. The minimum Gasteiger partial charge on any atom is -0.479 e. The molecule has 24 heavy (non-hydrogen) atoms. The summed E-state index contributed by atoms with van der Waals surface area (Å²) in [4.78, 5) is 12.2. The highest BCUT2D eigenvalue weighted by atomic mass is 35.5. The van der Waals surface area contributed by atoms with E-state index in [1.807, 2.05) is 24.3 Å². The van der Waals surface area contributed by atoms with Crippen LogP contribution in [0, 0.1) is 0 Å². The molecular formula is C18H15Cl2NO3. The number of hydrogen-bond acceptors (Lipinski definition) is 3. The molecule has 0 spiro atoms. The summed E-state index contributed by atoms with van der Waals surface area (Å²) < 4.78 is 10.9. The van der Waals surface area contributed by atoms with Crippen molar-refractivity contribution in [3.63, 3.8) is 0 Å². The van der Waals surface area contributed by atoms with Crippen LogP contribution < -0.4 is 10.1 Å². The van der Waals surface area contributed by atoms with E-state index in [0.29, 0.717) is 22.3 Å². The largest absolute Gasteiger partial charge is 0.479 e. The number of furan rings is 1. The Morgan fingerprint density at radius 1 is 1.21 bits per heavy atom. The fourth-order valence-electron chi connectivity index (χ4n) is 2.27. The van der Waals surface area contributed by atoms with E-state index in [2.05, 4.69) is 5.32 Å². The van der Waals surface area contributed by atoms with Gasteiger partial charge in [-0.1, -0.05) is 29.3 Å². The van der Waals surface area contributed by atoms with E-state index in [0.717, 1.165) is 16.5 Å². The van der Waals surface area contributed by atoms with Crippen LogP contribution in [0.5, 0.6) is 5.75 Å². The maximum Gasteiger partial charge on any atom is 0.261 e. The van der Waals surface area contributed by atoms with Crippen LogP contribution in [0.2, 0.25) is 10.0 Å². The Hall–Kier alpha value is -2.17. The van der Waals surface area contributed by atoms with Gasteiger partial charge in [-0.05, 0) is 48.9 Å². The SMILES string of the molecule is CC(Oc1ccc(Cl)cc1Cl)C(=O)NCc1ccc2occc2c1. The Morgan fingerprint density at radius 2 is 2.04 bits per heavy atom. The highest BCUT2D eigenvalue weighted by Gasteiger charge is 2.16. The zero-order valence-corrected chi connectivity index (χ0v) is 14.4. The molecule has 1 aromatic heterocycles. The lowest BCUT2D eigenvalue weighted by atomic mass is 10.1. The summed E-state index contributed by atoms with van der Waals surface area (Å²) in [6.07, 6.45) is 0.958. The van der Waals surface area contributed by atoms with Crippen molar-refractivity contribution in [2.45, 2.75) is 19.6 Å². The van der Waals surface area contributed by atoms with Crippen molar-refractivity contribution in [1.29, 1.82) is 0 Å². The Labute approximate surface area is 149 Å². The number of hydrogen-bond donors (Lipinski definition) is 1. The second-order valence-electron chi connectivity index (χ2n) is 5.35. The van der Waals surface area contributed by atoms with E-state index in [1.54, 1.807) is 31.4 Å². The molecule has 124 valence electrons. The number of carbonyl (C=O) groups excluding carboxylic acids is 1. The molecule has 0 saturated heterocycles. The van der Waals surface area contributed by atoms with E-state index < -0.39 is 6.10 Å². The molecule has 1 heterocycles. The van der Waals surface area contributed by atoms with Gasteiger partial charge in [0.1, 0.15) is 11.3 Å². The van der Waals surface area contributed by atoms with Crippen molar-refractivity contribution in [2.75, 3.05) is 0 Å². The van der Waals surface area contributed by atoms with Crippen LogP contribution in [0.25, 0.3) is 11.0 Å². The van der Waals surface area contributed by atoms with Crippen molar-refractivity contribution in [3.8, 4) is 5.75 Å². The zero-order chi connectivity index (χ0) is 17.1. The van der Waals surface area contributed by atoms with E-state index in [1.165, 1.54) is 0 Å². The predicted molar refractivity (Wildman–Crippen MR) is 94.6 cm³/mol. The van der Waals surface area contributed by atoms with Gasteiger partial charge in [-0.3, -0.25) is 4.79 Å². The first-order valence-electron chi connectivity index (χ1n) is 7.38. The van der Waals surface area contributed by atoms with Gasteiger partial charge in [-0.25, -0.2) is 0 Å². The van der Waals surface area contributed by atoms with E-state index in [9.17, 15) is 4.79 Å². The Kier molecular flexibility index (Phi) is 4.97. The molecule has 0 aliphatic heterocycles. The van der Waals surface area contributed by atoms with Gasteiger partial charge in [-0.2, -0.15) is 0 Å². The number of ether oxygens (including phenoxy) is 1. The van der Waals surface area contributed by atoms with Gasteiger partial charge in [0.15, 0.2) is 6.10 Å². The monoisotopic (exact) mass is 363 g/mol. The van der Waals surface area contributed by atoms with Gasteiger partial charge in [0, 0.05) is 17.0 Å². The number of halogens is 2. The number of carbonyl (C=O) groups is 1. The van der Waals surface area contributed by atoms with Crippen molar-refractivity contribution < 1.29 is 13.9 Å². The topological polar surface area (TPSA) is 51.5 Å². The standard InChI is InChI=1S/C18H15Cl2NO3/c1-11(24-17-5-3-14(19)9-15(17)20)18(22)21-10-12-2-4-16-13(8-12)6-7-23-16/h2-9,11H,10H2,1H3,(H,21,22). The van der Waals surface area contributed by atoms with Gasteiger partial charge in [0.25, 0.3) is 5.91 Å². The molecule has 1 N–H and O–H groups in total. The highest BCUT2D eigenvalue weighted by molar-refractivity contribution is 6.35. The van der Waals surface area contributed by atoms with Gasteiger partial charge in [-0.15, -0.1) is 0 Å². The molecule has 6 heteroatoms. The first-order valence-corrected chi connectivity index (χ1v) is 8.14. The second kappa shape index (κ2) is 7.16. The molecule has 0 aliphatic rings. The maximum atomic E-state index is 12.2. The molecule has 3 rings (SSSR count). The van der Waals surface area contributed by atoms with E-state index in [-0.39, 0.29) is 5.91 Å².